The highest BCUT2D eigenvalue weighted by molar-refractivity contribution is 9.10. The molecular weight excluding hydrogens is 416 g/mol. The number of hydrogen-bond donors (Lipinski definition) is 0. The van der Waals surface area contributed by atoms with Crippen LogP contribution in [0.2, 0.25) is 0 Å². The summed E-state index contributed by atoms with van der Waals surface area (Å²) in [5.74, 6) is 1.46. The van der Waals surface area contributed by atoms with Crippen molar-refractivity contribution in [3.63, 3.8) is 0 Å². The molecule has 1 fully saturated rings. The Hall–Kier alpha value is -2.48. The standard InChI is InChI=1S/C19H19BrN2O5/c1-21(11-14-3-5-17(20)27-14)19(24)12-8-18(23)22(10-12)13-2-4-15-16(9-13)26-7-6-25-15/h2-5,9,12H,6-8,10-11H2,1H3. The number of nitrogens with zero attached hydrogens (tertiary/aromatic N) is 2. The minimum atomic E-state index is -0.380. The number of carbonyl (C=O) groups is 2. The molecular formula is C19H19BrN2O5. The van der Waals surface area contributed by atoms with Crippen molar-refractivity contribution in [2.45, 2.75) is 13.0 Å². The van der Waals surface area contributed by atoms with Crippen LogP contribution >= 0.6 is 15.9 Å². The van der Waals surface area contributed by atoms with E-state index in [1.807, 2.05) is 12.1 Å². The Morgan fingerprint density at radius 3 is 2.74 bits per heavy atom. The van der Waals surface area contributed by atoms with E-state index in [1.165, 1.54) is 0 Å². The molecule has 8 heteroatoms. The first-order chi connectivity index (χ1) is 13.0. The molecule has 2 aliphatic heterocycles. The van der Waals surface area contributed by atoms with E-state index in [1.54, 1.807) is 35.0 Å². The lowest BCUT2D eigenvalue weighted by Crippen LogP contribution is -2.34. The van der Waals surface area contributed by atoms with E-state index in [0.717, 1.165) is 5.69 Å². The fourth-order valence-electron chi connectivity index (χ4n) is 3.38. The Balaban J connectivity index is 1.44. The number of rotatable bonds is 4. The fourth-order valence-corrected chi connectivity index (χ4v) is 3.72. The summed E-state index contributed by atoms with van der Waals surface area (Å²) in [6.45, 7) is 1.71. The molecule has 1 aromatic carbocycles. The van der Waals surface area contributed by atoms with Gasteiger partial charge in [-0.25, -0.2) is 0 Å². The number of benzene rings is 1. The van der Waals surface area contributed by atoms with Crippen LogP contribution in [0.3, 0.4) is 0 Å². The Labute approximate surface area is 164 Å². The highest BCUT2D eigenvalue weighted by atomic mass is 79.9. The Bertz CT molecular complexity index is 881. The molecule has 27 heavy (non-hydrogen) atoms. The summed E-state index contributed by atoms with van der Waals surface area (Å²) in [5.41, 5.74) is 0.720. The van der Waals surface area contributed by atoms with Crippen molar-refractivity contribution in [1.29, 1.82) is 0 Å². The zero-order valence-corrected chi connectivity index (χ0v) is 16.4. The van der Waals surface area contributed by atoms with Crippen molar-refractivity contribution < 1.29 is 23.5 Å². The smallest absolute Gasteiger partial charge is 0.228 e. The predicted octanol–water partition coefficient (Wildman–Crippen LogP) is 2.82. The SMILES string of the molecule is CN(Cc1ccc(Br)o1)C(=O)C1CC(=O)N(c2ccc3c(c2)OCCO3)C1. The lowest BCUT2D eigenvalue weighted by molar-refractivity contribution is -0.135. The molecule has 1 aromatic heterocycles. The lowest BCUT2D eigenvalue weighted by Gasteiger charge is -2.23. The molecule has 2 aliphatic rings. The quantitative estimate of drug-likeness (QED) is 0.739. The van der Waals surface area contributed by atoms with Gasteiger partial charge < -0.3 is 23.7 Å². The van der Waals surface area contributed by atoms with Crippen molar-refractivity contribution >= 4 is 33.4 Å². The van der Waals surface area contributed by atoms with Gasteiger partial charge in [-0.2, -0.15) is 0 Å². The van der Waals surface area contributed by atoms with Crippen LogP contribution in [0.5, 0.6) is 11.5 Å². The second-order valence-corrected chi connectivity index (χ2v) is 7.42. The van der Waals surface area contributed by atoms with Crippen LogP contribution in [0.4, 0.5) is 5.69 Å². The van der Waals surface area contributed by atoms with Crippen LogP contribution in [0, 0.1) is 5.92 Å². The minimum Gasteiger partial charge on any atom is -0.486 e. The molecule has 0 N–H and O–H groups in total. The Kier molecular flexibility index (Phi) is 4.82. The second kappa shape index (κ2) is 7.26. The monoisotopic (exact) mass is 434 g/mol. The van der Waals surface area contributed by atoms with E-state index in [0.29, 0.717) is 48.2 Å². The number of furan rings is 1. The Morgan fingerprint density at radius 1 is 1.22 bits per heavy atom. The molecule has 7 nitrogen and oxygen atoms in total. The molecule has 0 saturated carbocycles. The molecule has 3 heterocycles. The maximum absolute atomic E-state index is 12.8. The van der Waals surface area contributed by atoms with Gasteiger partial charge in [-0.05, 0) is 40.2 Å². The molecule has 0 spiro atoms. The maximum atomic E-state index is 12.8. The minimum absolute atomic E-state index is 0.0702. The maximum Gasteiger partial charge on any atom is 0.228 e. The largest absolute Gasteiger partial charge is 0.486 e. The molecule has 2 amide bonds. The summed E-state index contributed by atoms with van der Waals surface area (Å²) < 4.78 is 17.2. The summed E-state index contributed by atoms with van der Waals surface area (Å²) in [7, 11) is 1.72. The first kappa shape index (κ1) is 17.9. The third-order valence-electron chi connectivity index (χ3n) is 4.71. The molecule has 0 bridgehead atoms. The summed E-state index contributed by atoms with van der Waals surface area (Å²) in [6, 6.07) is 9.02. The summed E-state index contributed by atoms with van der Waals surface area (Å²) in [5, 5.41) is 0. The van der Waals surface area contributed by atoms with Gasteiger partial charge in [0.25, 0.3) is 0 Å². The zero-order valence-electron chi connectivity index (χ0n) is 14.8. The van der Waals surface area contributed by atoms with Gasteiger partial charge in [0, 0.05) is 31.8 Å². The van der Waals surface area contributed by atoms with Crippen molar-refractivity contribution in [3.05, 3.63) is 40.8 Å². The number of hydrogen-bond acceptors (Lipinski definition) is 5. The van der Waals surface area contributed by atoms with Gasteiger partial charge in [0.05, 0.1) is 12.5 Å². The Morgan fingerprint density at radius 2 is 2.00 bits per heavy atom. The summed E-state index contributed by atoms with van der Waals surface area (Å²) in [6.07, 6.45) is 0.194. The highest BCUT2D eigenvalue weighted by Gasteiger charge is 2.37. The van der Waals surface area contributed by atoms with Crippen molar-refractivity contribution in [2.75, 3.05) is 31.7 Å². The van der Waals surface area contributed by atoms with E-state index in [4.69, 9.17) is 13.9 Å². The molecule has 4 rings (SSSR count). The van der Waals surface area contributed by atoms with Gasteiger partial charge in [0.2, 0.25) is 11.8 Å². The van der Waals surface area contributed by atoms with Crippen molar-refractivity contribution in [3.8, 4) is 11.5 Å². The average Bonchev–Trinajstić information content (AvgIpc) is 3.26. The molecule has 1 saturated heterocycles. The normalized spacial score (nSPS) is 18.7. The van der Waals surface area contributed by atoms with Crippen LogP contribution in [-0.2, 0) is 16.1 Å². The van der Waals surface area contributed by atoms with Crippen LogP contribution in [0.1, 0.15) is 12.2 Å². The van der Waals surface area contributed by atoms with Crippen LogP contribution < -0.4 is 14.4 Å². The number of fused-ring (bicyclic) bond motifs is 1. The van der Waals surface area contributed by atoms with Gasteiger partial charge in [-0.3, -0.25) is 9.59 Å². The molecule has 1 atom stereocenters. The molecule has 0 aliphatic carbocycles. The lowest BCUT2D eigenvalue weighted by atomic mass is 10.1. The van der Waals surface area contributed by atoms with E-state index in [2.05, 4.69) is 15.9 Å². The van der Waals surface area contributed by atoms with E-state index < -0.39 is 0 Å². The van der Waals surface area contributed by atoms with E-state index in [-0.39, 0.29) is 24.2 Å². The first-order valence-corrected chi connectivity index (χ1v) is 9.50. The van der Waals surface area contributed by atoms with E-state index >= 15 is 0 Å². The van der Waals surface area contributed by atoms with Crippen molar-refractivity contribution in [1.82, 2.24) is 4.90 Å². The highest BCUT2D eigenvalue weighted by Crippen LogP contribution is 2.36. The molecule has 2 aromatic rings. The van der Waals surface area contributed by atoms with Gasteiger partial charge >= 0.3 is 0 Å². The van der Waals surface area contributed by atoms with Gasteiger partial charge in [-0.1, -0.05) is 0 Å². The number of anilines is 1. The third-order valence-corrected chi connectivity index (χ3v) is 5.14. The molecule has 142 valence electrons. The van der Waals surface area contributed by atoms with Crippen LogP contribution in [0.25, 0.3) is 0 Å². The number of ether oxygens (including phenoxy) is 2. The molecule has 1 unspecified atom stereocenters. The second-order valence-electron chi connectivity index (χ2n) is 6.63. The first-order valence-electron chi connectivity index (χ1n) is 8.70. The molecule has 0 radical (unpaired) electrons. The summed E-state index contributed by atoms with van der Waals surface area (Å²) >= 11 is 3.25. The topological polar surface area (TPSA) is 72.2 Å². The number of amides is 2. The third kappa shape index (κ3) is 3.66. The number of carbonyl (C=O) groups excluding carboxylic acids is 2. The van der Waals surface area contributed by atoms with E-state index in [9.17, 15) is 9.59 Å². The van der Waals surface area contributed by atoms with Crippen LogP contribution in [0.15, 0.2) is 39.4 Å². The van der Waals surface area contributed by atoms with Gasteiger partial charge in [0.1, 0.15) is 19.0 Å². The predicted molar refractivity (Wildman–Crippen MR) is 101 cm³/mol. The van der Waals surface area contributed by atoms with Crippen molar-refractivity contribution in [2.24, 2.45) is 5.92 Å². The fraction of sp³-hybridized carbons (Fsp3) is 0.368. The number of halogens is 1. The average molecular weight is 435 g/mol. The van der Waals surface area contributed by atoms with Gasteiger partial charge in [-0.15, -0.1) is 0 Å². The van der Waals surface area contributed by atoms with Crippen LogP contribution in [-0.4, -0.2) is 43.5 Å². The van der Waals surface area contributed by atoms with Gasteiger partial charge in [0.15, 0.2) is 16.2 Å². The zero-order chi connectivity index (χ0) is 19.0. The summed E-state index contributed by atoms with van der Waals surface area (Å²) in [4.78, 5) is 28.5.